The molecule has 8 nitrogen and oxygen atoms in total. The fourth-order valence-corrected chi connectivity index (χ4v) is 4.93. The van der Waals surface area contributed by atoms with Crippen LogP contribution in [0.3, 0.4) is 0 Å². The summed E-state index contributed by atoms with van der Waals surface area (Å²) < 4.78 is 32.6. The van der Waals surface area contributed by atoms with Gasteiger partial charge in [0.25, 0.3) is 15.9 Å². The Morgan fingerprint density at radius 1 is 1.09 bits per heavy atom. The Labute approximate surface area is 201 Å². The summed E-state index contributed by atoms with van der Waals surface area (Å²) in [5.74, 6) is -0.863. The van der Waals surface area contributed by atoms with Gasteiger partial charge < -0.3 is 10.1 Å². The van der Waals surface area contributed by atoms with Gasteiger partial charge in [0.1, 0.15) is 4.88 Å². The van der Waals surface area contributed by atoms with Crippen molar-refractivity contribution in [3.8, 4) is 0 Å². The first-order chi connectivity index (χ1) is 15.7. The van der Waals surface area contributed by atoms with Crippen molar-refractivity contribution >= 4 is 55.7 Å². The highest BCUT2D eigenvalue weighted by atomic mass is 35.5. The minimum absolute atomic E-state index is 0.0269. The van der Waals surface area contributed by atoms with Crippen LogP contribution in [-0.4, -0.2) is 31.9 Å². The Balaban J connectivity index is 1.66. The van der Waals surface area contributed by atoms with E-state index >= 15 is 0 Å². The lowest BCUT2D eigenvalue weighted by atomic mass is 10.2. The summed E-state index contributed by atoms with van der Waals surface area (Å²) in [6, 6.07) is 12.0. The highest BCUT2D eigenvalue weighted by molar-refractivity contribution is 7.93. The molecule has 0 aliphatic rings. The molecule has 174 valence electrons. The van der Waals surface area contributed by atoms with Crippen LogP contribution >= 0.6 is 22.9 Å². The van der Waals surface area contributed by atoms with Crippen LogP contribution in [0, 0.1) is 6.92 Å². The average molecular weight is 508 g/mol. The van der Waals surface area contributed by atoms with Crippen molar-refractivity contribution in [2.24, 2.45) is 0 Å². The van der Waals surface area contributed by atoms with Gasteiger partial charge in [-0.15, -0.1) is 0 Å². The van der Waals surface area contributed by atoms with Crippen molar-refractivity contribution < 1.29 is 22.7 Å². The zero-order valence-electron chi connectivity index (χ0n) is 17.9. The molecule has 11 heteroatoms. The predicted octanol–water partition coefficient (Wildman–Crippen LogP) is 5.11. The molecule has 0 atom stereocenters. The Hall–Kier alpha value is -2.95. The van der Waals surface area contributed by atoms with Crippen molar-refractivity contribution in [1.29, 1.82) is 0 Å². The van der Waals surface area contributed by atoms with Gasteiger partial charge in [-0.2, -0.15) is 0 Å². The molecule has 0 saturated carbocycles. The second-order valence-electron chi connectivity index (χ2n) is 7.01. The van der Waals surface area contributed by atoms with Crippen LogP contribution in [0.15, 0.2) is 53.4 Å². The first-order valence-corrected chi connectivity index (χ1v) is 12.7. The summed E-state index contributed by atoms with van der Waals surface area (Å²) in [6.45, 7) is 3.98. The van der Waals surface area contributed by atoms with E-state index in [1.54, 1.807) is 31.2 Å². The molecule has 0 bridgehead atoms. The van der Waals surface area contributed by atoms with Gasteiger partial charge in [0, 0.05) is 10.7 Å². The van der Waals surface area contributed by atoms with Crippen LogP contribution in [0.4, 0.5) is 10.8 Å². The van der Waals surface area contributed by atoms with Gasteiger partial charge in [-0.05, 0) is 61.9 Å². The number of ether oxygens (including phenoxy) is 1. The number of rotatable bonds is 9. The number of thiazole rings is 1. The number of nitrogens with one attached hydrogen (secondary N) is 2. The van der Waals surface area contributed by atoms with Gasteiger partial charge in [0.05, 0.1) is 22.8 Å². The molecule has 2 N–H and O–H groups in total. The topological polar surface area (TPSA) is 114 Å². The van der Waals surface area contributed by atoms with Crippen LogP contribution in [0.25, 0.3) is 0 Å². The molecule has 3 aromatic rings. The number of aryl methyl sites for hydroxylation is 1. The van der Waals surface area contributed by atoms with E-state index in [4.69, 9.17) is 16.3 Å². The quantitative estimate of drug-likeness (QED) is 0.307. The number of aromatic nitrogens is 1. The Bertz CT molecular complexity index is 1240. The molecule has 0 saturated heterocycles. The lowest BCUT2D eigenvalue weighted by Crippen LogP contribution is -2.12. The van der Waals surface area contributed by atoms with E-state index in [9.17, 15) is 18.0 Å². The number of unbranched alkanes of at least 4 members (excludes halogenated alkanes) is 1. The molecule has 0 aliphatic heterocycles. The van der Waals surface area contributed by atoms with E-state index < -0.39 is 21.9 Å². The van der Waals surface area contributed by atoms with Crippen molar-refractivity contribution in [1.82, 2.24) is 4.98 Å². The highest BCUT2D eigenvalue weighted by Crippen LogP contribution is 2.26. The second-order valence-corrected chi connectivity index (χ2v) is 10.1. The van der Waals surface area contributed by atoms with E-state index in [0.29, 0.717) is 28.6 Å². The lowest BCUT2D eigenvalue weighted by Gasteiger charge is -2.06. The number of amides is 1. The smallest absolute Gasteiger partial charge is 0.338 e. The normalized spacial score (nSPS) is 11.1. The van der Waals surface area contributed by atoms with Gasteiger partial charge in [0.2, 0.25) is 0 Å². The fraction of sp³-hybridized carbons (Fsp3) is 0.227. The van der Waals surface area contributed by atoms with Crippen molar-refractivity contribution in [2.45, 2.75) is 31.6 Å². The highest BCUT2D eigenvalue weighted by Gasteiger charge is 2.20. The number of esters is 1. The van der Waals surface area contributed by atoms with Gasteiger partial charge in [-0.3, -0.25) is 9.52 Å². The second kappa shape index (κ2) is 10.8. The molecule has 2 aromatic carbocycles. The molecule has 1 aromatic heterocycles. The van der Waals surface area contributed by atoms with Gasteiger partial charge in [-0.25, -0.2) is 18.2 Å². The van der Waals surface area contributed by atoms with E-state index in [-0.39, 0.29) is 14.9 Å². The van der Waals surface area contributed by atoms with Crippen LogP contribution in [0.1, 0.15) is 45.5 Å². The SMILES string of the molecule is CCCCOC(=O)c1ccc(NC(=O)c2sc(NS(=O)(=O)c3ccc(Cl)cc3)nc2C)cc1. The molecule has 0 aliphatic carbocycles. The third-order valence-electron chi connectivity index (χ3n) is 4.46. The maximum absolute atomic E-state index is 12.7. The maximum Gasteiger partial charge on any atom is 0.338 e. The minimum Gasteiger partial charge on any atom is -0.462 e. The van der Waals surface area contributed by atoms with E-state index in [0.717, 1.165) is 24.2 Å². The first-order valence-electron chi connectivity index (χ1n) is 10.0. The van der Waals surface area contributed by atoms with Crippen molar-refractivity contribution in [2.75, 3.05) is 16.6 Å². The number of halogens is 1. The Morgan fingerprint density at radius 3 is 2.39 bits per heavy atom. The van der Waals surface area contributed by atoms with E-state index in [1.807, 2.05) is 6.92 Å². The lowest BCUT2D eigenvalue weighted by molar-refractivity contribution is 0.0499. The molecular weight excluding hydrogens is 486 g/mol. The number of hydrogen-bond donors (Lipinski definition) is 2. The first kappa shape index (κ1) is 24.7. The molecule has 0 unspecified atom stereocenters. The number of sulfonamides is 1. The maximum atomic E-state index is 12.7. The van der Waals surface area contributed by atoms with Crippen molar-refractivity contribution in [3.05, 3.63) is 69.7 Å². The molecule has 3 rings (SSSR count). The van der Waals surface area contributed by atoms with Crippen LogP contribution < -0.4 is 10.0 Å². The van der Waals surface area contributed by atoms with Gasteiger partial charge >= 0.3 is 5.97 Å². The van der Waals surface area contributed by atoms with Gasteiger partial charge in [0.15, 0.2) is 5.13 Å². The molecule has 0 fully saturated rings. The number of nitrogens with zero attached hydrogens (tertiary/aromatic N) is 1. The van der Waals surface area contributed by atoms with Crippen LogP contribution in [0.5, 0.6) is 0 Å². The zero-order valence-corrected chi connectivity index (χ0v) is 20.3. The number of carbonyl (C=O) groups is 2. The minimum atomic E-state index is -3.88. The molecule has 0 radical (unpaired) electrons. The third-order valence-corrected chi connectivity index (χ3v) is 7.27. The molecule has 33 heavy (non-hydrogen) atoms. The summed E-state index contributed by atoms with van der Waals surface area (Å²) in [5, 5.41) is 3.20. The predicted molar refractivity (Wildman–Crippen MR) is 129 cm³/mol. The standard InChI is InChI=1S/C22H22ClN3O5S2/c1-3-4-13-31-21(28)15-5-9-17(10-6-15)25-20(27)19-14(2)24-22(32-19)26-33(29,30)18-11-7-16(23)8-12-18/h5-12H,3-4,13H2,1-2H3,(H,24,26)(H,25,27). The summed E-state index contributed by atoms with van der Waals surface area (Å²) in [5.41, 5.74) is 1.24. The molecular formula is C22H22ClN3O5S2. The molecule has 1 heterocycles. The Kier molecular flexibility index (Phi) is 8.06. The Morgan fingerprint density at radius 2 is 1.76 bits per heavy atom. The number of carbonyl (C=O) groups excluding carboxylic acids is 2. The van der Waals surface area contributed by atoms with Gasteiger partial charge in [-0.1, -0.05) is 36.3 Å². The number of benzene rings is 2. The number of hydrogen-bond acceptors (Lipinski definition) is 7. The van der Waals surface area contributed by atoms with E-state index in [2.05, 4.69) is 15.0 Å². The van der Waals surface area contributed by atoms with Crippen LogP contribution in [0.2, 0.25) is 5.02 Å². The monoisotopic (exact) mass is 507 g/mol. The van der Waals surface area contributed by atoms with E-state index in [1.165, 1.54) is 24.3 Å². The molecule has 1 amide bonds. The number of anilines is 2. The summed E-state index contributed by atoms with van der Waals surface area (Å²) in [6.07, 6.45) is 1.73. The third kappa shape index (κ3) is 6.53. The van der Waals surface area contributed by atoms with Crippen molar-refractivity contribution in [3.63, 3.8) is 0 Å². The average Bonchev–Trinajstić information content (AvgIpc) is 3.14. The largest absolute Gasteiger partial charge is 0.462 e. The summed E-state index contributed by atoms with van der Waals surface area (Å²) in [7, 11) is -3.88. The molecule has 0 spiro atoms. The summed E-state index contributed by atoms with van der Waals surface area (Å²) in [4.78, 5) is 29.1. The van der Waals surface area contributed by atoms with Crippen LogP contribution in [-0.2, 0) is 14.8 Å². The zero-order chi connectivity index (χ0) is 24.0. The summed E-state index contributed by atoms with van der Waals surface area (Å²) >= 11 is 6.72. The fourth-order valence-electron chi connectivity index (χ4n) is 2.71.